The molecule has 1 aromatic rings. The largest absolute Gasteiger partial charge is 0.298 e. The van der Waals surface area contributed by atoms with E-state index >= 15 is 0 Å². The molecule has 46 valence electrons. The van der Waals surface area contributed by atoms with Crippen LogP contribution in [0.15, 0.2) is 24.3 Å². The van der Waals surface area contributed by atoms with E-state index in [1.807, 2.05) is 12.1 Å². The van der Waals surface area contributed by atoms with Crippen molar-refractivity contribution < 1.29 is 4.79 Å². The molecule has 0 fully saturated rings. The first kappa shape index (κ1) is 6.74. The fourth-order valence-electron chi connectivity index (χ4n) is 0.541. The van der Waals surface area contributed by atoms with Crippen LogP contribution in [0.5, 0.6) is 0 Å². The summed E-state index contributed by atoms with van der Waals surface area (Å²) in [7, 11) is 0. The maximum absolute atomic E-state index is 10.1. The molecule has 0 atom stereocenters. The van der Waals surface area contributed by atoms with Crippen LogP contribution in [-0.4, -0.2) is 6.29 Å². The summed E-state index contributed by atoms with van der Waals surface area (Å²) >= 11 is 2.20. The fourth-order valence-corrected chi connectivity index (χ4v) is 0.901. The molecule has 0 N–H and O–H groups in total. The van der Waals surface area contributed by atoms with Crippen LogP contribution < -0.4 is 0 Å². The lowest BCUT2D eigenvalue weighted by atomic mass is 10.2. The van der Waals surface area contributed by atoms with Crippen LogP contribution in [0, 0.1) is 3.57 Å². The lowest BCUT2D eigenvalue weighted by molar-refractivity contribution is 0.112. The molecule has 1 rings (SSSR count). The number of carbonyl (C=O) groups is 1. The second-order valence-electron chi connectivity index (χ2n) is 1.67. The normalized spacial score (nSPS) is 9.00. The van der Waals surface area contributed by atoms with Crippen molar-refractivity contribution in [2.24, 2.45) is 0 Å². The van der Waals surface area contributed by atoms with E-state index in [2.05, 4.69) is 22.6 Å². The summed E-state index contributed by atoms with van der Waals surface area (Å²) in [6, 6.07) is 7.41. The summed E-state index contributed by atoms with van der Waals surface area (Å²) < 4.78 is 1.15. The number of halogens is 1. The zero-order valence-electron chi connectivity index (χ0n) is 4.67. The van der Waals surface area contributed by atoms with Gasteiger partial charge in [0.15, 0.2) is 0 Å². The first-order valence-electron chi connectivity index (χ1n) is 2.53. The first-order valence-corrected chi connectivity index (χ1v) is 3.61. The molecule has 1 nitrogen and oxygen atoms in total. The number of benzene rings is 1. The SMILES string of the molecule is O=Cc1ccc([123I])cc1. The monoisotopic (exact) mass is 228 g/mol. The fraction of sp³-hybridized carbons (Fsp3) is 0. The minimum Gasteiger partial charge on any atom is -0.298 e. The second kappa shape index (κ2) is 2.96. The topological polar surface area (TPSA) is 17.1 Å². The molecule has 0 aliphatic rings. The third-order valence-corrected chi connectivity index (χ3v) is 1.73. The van der Waals surface area contributed by atoms with Crippen molar-refractivity contribution in [3.8, 4) is 0 Å². The van der Waals surface area contributed by atoms with Gasteiger partial charge in [-0.05, 0) is 34.7 Å². The molecule has 0 aliphatic carbocycles. The van der Waals surface area contributed by atoms with Crippen LogP contribution >= 0.6 is 22.6 Å². The van der Waals surface area contributed by atoms with Crippen LogP contribution in [0.3, 0.4) is 0 Å². The van der Waals surface area contributed by atoms with Crippen LogP contribution in [0.2, 0.25) is 0 Å². The minimum atomic E-state index is 0.732. The highest BCUT2D eigenvalue weighted by atomic mass is 123. The minimum absolute atomic E-state index is 0.732. The van der Waals surface area contributed by atoms with Gasteiger partial charge in [0.1, 0.15) is 6.29 Å². The van der Waals surface area contributed by atoms with Crippen LogP contribution in [0.4, 0.5) is 0 Å². The third kappa shape index (κ3) is 1.78. The van der Waals surface area contributed by atoms with Crippen molar-refractivity contribution in [1.82, 2.24) is 0 Å². The molecule has 0 spiro atoms. The molecule has 9 heavy (non-hydrogen) atoms. The molecule has 0 saturated heterocycles. The van der Waals surface area contributed by atoms with Gasteiger partial charge in [0.25, 0.3) is 0 Å². The molecule has 0 aromatic heterocycles. The van der Waals surface area contributed by atoms with Gasteiger partial charge in [-0.1, -0.05) is 12.1 Å². The zero-order valence-corrected chi connectivity index (χ0v) is 6.83. The van der Waals surface area contributed by atoms with Gasteiger partial charge in [-0.2, -0.15) is 0 Å². The molecular formula is C7H5IO. The molecule has 0 aliphatic heterocycles. The van der Waals surface area contributed by atoms with Crippen molar-refractivity contribution in [3.63, 3.8) is 0 Å². The van der Waals surface area contributed by atoms with Gasteiger partial charge in [-0.15, -0.1) is 0 Å². The van der Waals surface area contributed by atoms with Crippen molar-refractivity contribution in [3.05, 3.63) is 33.4 Å². The summed E-state index contributed by atoms with van der Waals surface area (Å²) in [5.74, 6) is 0. The van der Waals surface area contributed by atoms with Crippen molar-refractivity contribution >= 4 is 28.9 Å². The van der Waals surface area contributed by atoms with Gasteiger partial charge in [-0.3, -0.25) is 4.79 Å². The summed E-state index contributed by atoms with van der Waals surface area (Å²) in [4.78, 5) is 10.1. The molecule has 0 heterocycles. The Morgan fingerprint density at radius 1 is 1.22 bits per heavy atom. The average molecular weight is 228 g/mol. The van der Waals surface area contributed by atoms with E-state index in [4.69, 9.17) is 0 Å². The summed E-state index contributed by atoms with van der Waals surface area (Å²) in [6.07, 6.45) is 0.843. The number of hydrogen-bond acceptors (Lipinski definition) is 1. The molecule has 0 bridgehead atoms. The molecule has 2 heteroatoms. The van der Waals surface area contributed by atoms with Gasteiger partial charge in [0.2, 0.25) is 0 Å². The van der Waals surface area contributed by atoms with E-state index in [1.165, 1.54) is 0 Å². The lowest BCUT2D eigenvalue weighted by Gasteiger charge is -1.87. The summed E-state index contributed by atoms with van der Waals surface area (Å²) in [5, 5.41) is 0. The lowest BCUT2D eigenvalue weighted by Crippen LogP contribution is -1.76. The van der Waals surface area contributed by atoms with Gasteiger partial charge in [0.05, 0.1) is 0 Å². The van der Waals surface area contributed by atoms with Crippen molar-refractivity contribution in [2.45, 2.75) is 0 Å². The number of rotatable bonds is 1. The average Bonchev–Trinajstić information content (AvgIpc) is 1.90. The maximum Gasteiger partial charge on any atom is 0.150 e. The highest BCUT2D eigenvalue weighted by Gasteiger charge is 1.86. The first-order chi connectivity index (χ1) is 4.33. The van der Waals surface area contributed by atoms with Gasteiger partial charge in [0, 0.05) is 9.13 Å². The Hall–Kier alpha value is -0.380. The van der Waals surface area contributed by atoms with Crippen LogP contribution in [0.1, 0.15) is 10.4 Å². The number of hydrogen-bond donors (Lipinski definition) is 0. The van der Waals surface area contributed by atoms with E-state index in [9.17, 15) is 4.79 Å². The van der Waals surface area contributed by atoms with Crippen molar-refractivity contribution in [1.29, 1.82) is 0 Å². The number of carbonyl (C=O) groups excluding carboxylic acids is 1. The Morgan fingerprint density at radius 3 is 2.22 bits per heavy atom. The van der Waals surface area contributed by atoms with Crippen molar-refractivity contribution in [2.75, 3.05) is 0 Å². The van der Waals surface area contributed by atoms with Gasteiger partial charge < -0.3 is 0 Å². The quantitative estimate of drug-likeness (QED) is 0.531. The smallest absolute Gasteiger partial charge is 0.150 e. The van der Waals surface area contributed by atoms with E-state index < -0.39 is 0 Å². The Bertz CT molecular complexity index is 203. The number of aldehydes is 1. The van der Waals surface area contributed by atoms with E-state index in [0.29, 0.717) is 0 Å². The van der Waals surface area contributed by atoms with Crippen LogP contribution in [-0.2, 0) is 0 Å². The maximum atomic E-state index is 10.1. The summed E-state index contributed by atoms with van der Waals surface area (Å²) in [5.41, 5.74) is 0.732. The molecule has 0 saturated carbocycles. The molecular weight excluding hydrogens is 223 g/mol. The second-order valence-corrected chi connectivity index (χ2v) is 2.92. The van der Waals surface area contributed by atoms with E-state index in [-0.39, 0.29) is 0 Å². The predicted octanol–water partition coefficient (Wildman–Crippen LogP) is 2.10. The summed E-state index contributed by atoms with van der Waals surface area (Å²) in [6.45, 7) is 0. The molecule has 1 aromatic carbocycles. The Labute approximate surface area is 67.2 Å². The highest BCUT2D eigenvalue weighted by Crippen LogP contribution is 2.04. The molecule has 0 radical (unpaired) electrons. The van der Waals surface area contributed by atoms with E-state index in [1.54, 1.807) is 12.1 Å². The molecule has 0 amide bonds. The molecule has 0 unspecified atom stereocenters. The Balaban J connectivity index is 3.01. The van der Waals surface area contributed by atoms with Crippen LogP contribution in [0.25, 0.3) is 0 Å². The highest BCUT2D eigenvalue weighted by molar-refractivity contribution is 14.1. The Kier molecular flexibility index (Phi) is 2.22. The van der Waals surface area contributed by atoms with Gasteiger partial charge >= 0.3 is 0 Å². The predicted molar refractivity (Wildman–Crippen MR) is 44.5 cm³/mol. The third-order valence-electron chi connectivity index (χ3n) is 1.01. The standard InChI is InChI=1S/C7H5IO/c8-7-3-1-6(5-9)2-4-7/h1-5H/i8-4. The van der Waals surface area contributed by atoms with E-state index in [0.717, 1.165) is 15.4 Å². The van der Waals surface area contributed by atoms with Gasteiger partial charge in [-0.25, -0.2) is 0 Å². The Morgan fingerprint density at radius 2 is 1.78 bits per heavy atom. The zero-order chi connectivity index (χ0) is 6.69.